The van der Waals surface area contributed by atoms with Crippen LogP contribution >= 0.6 is 45.2 Å². The van der Waals surface area contributed by atoms with Gasteiger partial charge in [-0.2, -0.15) is 0 Å². The van der Waals surface area contributed by atoms with Gasteiger partial charge < -0.3 is 5.11 Å². The molecule has 0 radical (unpaired) electrons. The van der Waals surface area contributed by atoms with E-state index in [4.69, 9.17) is 0 Å². The molecule has 0 fully saturated rings. The van der Waals surface area contributed by atoms with E-state index in [0.717, 1.165) is 8.96 Å². The standard InChI is InChI=1S/C10H6I2O/c11-7-2-1-6-3-8(13)5-10(12)9(6)4-7/h1-5,13H. The van der Waals surface area contributed by atoms with Crippen LogP contribution in [0.3, 0.4) is 0 Å². The minimum absolute atomic E-state index is 0.332. The van der Waals surface area contributed by atoms with Crippen molar-refractivity contribution in [2.24, 2.45) is 0 Å². The predicted octanol–water partition coefficient (Wildman–Crippen LogP) is 3.75. The van der Waals surface area contributed by atoms with E-state index >= 15 is 0 Å². The quantitative estimate of drug-likeness (QED) is 0.673. The van der Waals surface area contributed by atoms with E-state index < -0.39 is 0 Å². The van der Waals surface area contributed by atoms with Gasteiger partial charge in [0.15, 0.2) is 0 Å². The topological polar surface area (TPSA) is 20.2 Å². The van der Waals surface area contributed by atoms with Gasteiger partial charge in [-0.05, 0) is 80.2 Å². The van der Waals surface area contributed by atoms with Gasteiger partial charge in [-0.3, -0.25) is 0 Å². The molecule has 2 aromatic carbocycles. The molecule has 3 heteroatoms. The first-order chi connectivity index (χ1) is 6.16. The van der Waals surface area contributed by atoms with Crippen LogP contribution in [-0.4, -0.2) is 5.11 Å². The van der Waals surface area contributed by atoms with Crippen molar-refractivity contribution in [3.8, 4) is 5.75 Å². The fraction of sp³-hybridized carbons (Fsp3) is 0. The molecule has 0 unspecified atom stereocenters. The maximum Gasteiger partial charge on any atom is 0.117 e. The van der Waals surface area contributed by atoms with Gasteiger partial charge in [-0.25, -0.2) is 0 Å². The molecule has 2 aromatic rings. The van der Waals surface area contributed by atoms with Gasteiger partial charge in [-0.1, -0.05) is 6.07 Å². The number of hydrogen-bond donors (Lipinski definition) is 1. The Morgan fingerprint density at radius 1 is 1.00 bits per heavy atom. The number of rotatable bonds is 0. The molecule has 13 heavy (non-hydrogen) atoms. The molecule has 1 N–H and O–H groups in total. The summed E-state index contributed by atoms with van der Waals surface area (Å²) in [5.41, 5.74) is 0. The molecule has 66 valence electrons. The average Bonchev–Trinajstić information content (AvgIpc) is 2.06. The molecule has 0 aliphatic rings. The number of aromatic hydroxyl groups is 1. The van der Waals surface area contributed by atoms with Crippen molar-refractivity contribution in [2.75, 3.05) is 0 Å². The molecule has 2 rings (SSSR count). The Morgan fingerprint density at radius 2 is 1.77 bits per heavy atom. The summed E-state index contributed by atoms with van der Waals surface area (Å²) in [7, 11) is 0. The van der Waals surface area contributed by atoms with Crippen molar-refractivity contribution >= 4 is 56.0 Å². The van der Waals surface area contributed by atoms with Gasteiger partial charge in [0.1, 0.15) is 5.75 Å². The van der Waals surface area contributed by atoms with Crippen LogP contribution in [0.5, 0.6) is 5.75 Å². The van der Waals surface area contributed by atoms with Crippen molar-refractivity contribution in [1.82, 2.24) is 0 Å². The van der Waals surface area contributed by atoms with Gasteiger partial charge >= 0.3 is 0 Å². The molecule has 0 bridgehead atoms. The first kappa shape index (κ1) is 9.51. The normalized spacial score (nSPS) is 10.6. The lowest BCUT2D eigenvalue weighted by Crippen LogP contribution is -1.79. The zero-order valence-corrected chi connectivity index (χ0v) is 10.9. The maximum absolute atomic E-state index is 9.37. The van der Waals surface area contributed by atoms with Gasteiger partial charge in [-0.15, -0.1) is 0 Å². The Labute approximate surface area is 103 Å². The fourth-order valence-corrected chi connectivity index (χ4v) is 2.55. The molecule has 0 heterocycles. The first-order valence-corrected chi connectivity index (χ1v) is 5.90. The van der Waals surface area contributed by atoms with Crippen molar-refractivity contribution in [3.63, 3.8) is 0 Å². The van der Waals surface area contributed by atoms with E-state index in [1.165, 1.54) is 8.96 Å². The van der Waals surface area contributed by atoms with Crippen molar-refractivity contribution in [3.05, 3.63) is 37.5 Å². The van der Waals surface area contributed by atoms with E-state index in [1.54, 1.807) is 12.1 Å². The highest BCUT2D eigenvalue weighted by atomic mass is 127. The van der Waals surface area contributed by atoms with Crippen LogP contribution in [0.2, 0.25) is 0 Å². The van der Waals surface area contributed by atoms with Crippen LogP contribution in [0.25, 0.3) is 10.8 Å². The second-order valence-electron chi connectivity index (χ2n) is 2.79. The number of phenolic OH excluding ortho intramolecular Hbond substituents is 1. The Morgan fingerprint density at radius 3 is 2.54 bits per heavy atom. The van der Waals surface area contributed by atoms with E-state index in [9.17, 15) is 5.11 Å². The van der Waals surface area contributed by atoms with Crippen LogP contribution in [0.4, 0.5) is 0 Å². The van der Waals surface area contributed by atoms with E-state index in [1.807, 2.05) is 12.1 Å². The zero-order valence-electron chi connectivity index (χ0n) is 6.59. The highest BCUT2D eigenvalue weighted by molar-refractivity contribution is 14.1. The number of fused-ring (bicyclic) bond motifs is 1. The third-order valence-electron chi connectivity index (χ3n) is 1.85. The Balaban J connectivity index is 2.87. The van der Waals surface area contributed by atoms with E-state index in [2.05, 4.69) is 51.2 Å². The Hall–Kier alpha value is -0.0400. The SMILES string of the molecule is Oc1cc(I)c2cc(I)ccc2c1. The van der Waals surface area contributed by atoms with Crippen molar-refractivity contribution in [2.45, 2.75) is 0 Å². The minimum Gasteiger partial charge on any atom is -0.508 e. The molecular formula is C10H6I2O. The van der Waals surface area contributed by atoms with Crippen LogP contribution < -0.4 is 0 Å². The number of benzene rings is 2. The lowest BCUT2D eigenvalue weighted by molar-refractivity contribution is 0.476. The fourth-order valence-electron chi connectivity index (χ4n) is 1.27. The third kappa shape index (κ3) is 1.90. The lowest BCUT2D eigenvalue weighted by Gasteiger charge is -2.02. The summed E-state index contributed by atoms with van der Waals surface area (Å²) in [6.45, 7) is 0. The molecule has 0 aliphatic carbocycles. The zero-order chi connectivity index (χ0) is 9.42. The van der Waals surface area contributed by atoms with Gasteiger partial charge in [0.2, 0.25) is 0 Å². The number of halogens is 2. The third-order valence-corrected chi connectivity index (χ3v) is 3.41. The summed E-state index contributed by atoms with van der Waals surface area (Å²) in [4.78, 5) is 0. The van der Waals surface area contributed by atoms with Crippen molar-refractivity contribution < 1.29 is 5.11 Å². The van der Waals surface area contributed by atoms with Gasteiger partial charge in [0.25, 0.3) is 0 Å². The second kappa shape index (κ2) is 3.61. The Bertz CT molecular complexity index is 466. The average molecular weight is 396 g/mol. The molecule has 0 amide bonds. The summed E-state index contributed by atoms with van der Waals surface area (Å²) in [6.07, 6.45) is 0. The summed E-state index contributed by atoms with van der Waals surface area (Å²) >= 11 is 4.52. The number of phenols is 1. The molecule has 0 spiro atoms. The lowest BCUT2D eigenvalue weighted by atomic mass is 10.1. The van der Waals surface area contributed by atoms with Gasteiger partial charge in [0.05, 0.1) is 0 Å². The predicted molar refractivity (Wildman–Crippen MR) is 71.0 cm³/mol. The summed E-state index contributed by atoms with van der Waals surface area (Å²) in [6, 6.07) is 9.75. The van der Waals surface area contributed by atoms with Gasteiger partial charge in [0, 0.05) is 7.14 Å². The van der Waals surface area contributed by atoms with Crippen LogP contribution in [0.15, 0.2) is 30.3 Å². The molecular weight excluding hydrogens is 390 g/mol. The van der Waals surface area contributed by atoms with E-state index in [0.29, 0.717) is 5.75 Å². The van der Waals surface area contributed by atoms with Crippen molar-refractivity contribution in [1.29, 1.82) is 0 Å². The van der Waals surface area contributed by atoms with E-state index in [-0.39, 0.29) is 0 Å². The molecule has 0 aliphatic heterocycles. The number of hydrogen-bond acceptors (Lipinski definition) is 1. The van der Waals surface area contributed by atoms with Crippen LogP contribution in [-0.2, 0) is 0 Å². The largest absolute Gasteiger partial charge is 0.508 e. The summed E-state index contributed by atoms with van der Waals surface area (Å²) < 4.78 is 2.31. The summed E-state index contributed by atoms with van der Waals surface area (Å²) in [5.74, 6) is 0.332. The molecule has 0 aromatic heterocycles. The Kier molecular flexibility index (Phi) is 2.64. The van der Waals surface area contributed by atoms with Crippen LogP contribution in [0.1, 0.15) is 0 Å². The molecule has 1 nitrogen and oxygen atoms in total. The maximum atomic E-state index is 9.37. The highest BCUT2D eigenvalue weighted by Crippen LogP contribution is 2.27. The first-order valence-electron chi connectivity index (χ1n) is 3.74. The molecule has 0 saturated heterocycles. The molecule has 0 saturated carbocycles. The highest BCUT2D eigenvalue weighted by Gasteiger charge is 2.01. The monoisotopic (exact) mass is 396 g/mol. The minimum atomic E-state index is 0.332. The molecule has 0 atom stereocenters. The summed E-state index contributed by atoms with van der Waals surface area (Å²) in [5, 5.41) is 11.7. The second-order valence-corrected chi connectivity index (χ2v) is 5.20. The smallest absolute Gasteiger partial charge is 0.117 e. The van der Waals surface area contributed by atoms with Crippen LogP contribution in [0, 0.1) is 7.14 Å².